The van der Waals surface area contributed by atoms with Crippen molar-refractivity contribution in [2.24, 2.45) is 0 Å². The van der Waals surface area contributed by atoms with Crippen molar-refractivity contribution in [2.45, 2.75) is 25.9 Å². The number of ether oxygens (including phenoxy) is 1. The van der Waals surface area contributed by atoms with Gasteiger partial charge in [-0.1, -0.05) is 12.1 Å². The molecule has 0 saturated carbocycles. The summed E-state index contributed by atoms with van der Waals surface area (Å²) in [5.41, 5.74) is 1.14. The lowest BCUT2D eigenvalue weighted by Crippen LogP contribution is -2.04. The summed E-state index contributed by atoms with van der Waals surface area (Å²) < 4.78 is 5.59. The van der Waals surface area contributed by atoms with E-state index in [9.17, 15) is 5.11 Å². The van der Waals surface area contributed by atoms with Gasteiger partial charge in [0, 0.05) is 0 Å². The second-order valence-electron chi connectivity index (χ2n) is 3.89. The van der Waals surface area contributed by atoms with Crippen molar-refractivity contribution in [3.05, 3.63) is 29.8 Å². The first kappa shape index (κ1) is 13.4. The van der Waals surface area contributed by atoms with Gasteiger partial charge >= 0.3 is 0 Å². The molecule has 1 atom stereocenters. The lowest BCUT2D eigenvalue weighted by Gasteiger charge is -2.07. The van der Waals surface area contributed by atoms with Crippen LogP contribution >= 0.6 is 11.8 Å². The Bertz CT molecular complexity index is 282. The predicted molar refractivity (Wildman–Crippen MR) is 70.3 cm³/mol. The molecular weight excluding hydrogens is 220 g/mol. The fourth-order valence-corrected chi connectivity index (χ4v) is 1.86. The minimum atomic E-state index is -0.284. The molecule has 16 heavy (non-hydrogen) atoms. The molecule has 1 unspecified atom stereocenters. The number of thioether (sulfide) groups is 1. The third kappa shape index (κ3) is 5.42. The van der Waals surface area contributed by atoms with E-state index in [1.54, 1.807) is 6.92 Å². The maximum absolute atomic E-state index is 9.24. The van der Waals surface area contributed by atoms with Crippen molar-refractivity contribution in [3.63, 3.8) is 0 Å². The molecule has 90 valence electrons. The number of rotatable bonds is 7. The Kier molecular flexibility index (Phi) is 6.34. The zero-order valence-electron chi connectivity index (χ0n) is 9.98. The van der Waals surface area contributed by atoms with Crippen LogP contribution in [-0.4, -0.2) is 29.8 Å². The molecule has 0 amide bonds. The van der Waals surface area contributed by atoms with Crippen molar-refractivity contribution in [1.29, 1.82) is 0 Å². The van der Waals surface area contributed by atoms with Crippen molar-refractivity contribution < 1.29 is 9.84 Å². The maximum Gasteiger partial charge on any atom is 0.119 e. The normalized spacial score (nSPS) is 12.4. The van der Waals surface area contributed by atoms with E-state index in [4.69, 9.17) is 4.74 Å². The van der Waals surface area contributed by atoms with Gasteiger partial charge in [-0.2, -0.15) is 11.8 Å². The highest BCUT2D eigenvalue weighted by Gasteiger charge is 1.99. The topological polar surface area (TPSA) is 29.5 Å². The SMILES string of the molecule is CSCCCOc1ccc(CC(C)O)cc1. The maximum atomic E-state index is 9.24. The third-order valence-electron chi connectivity index (χ3n) is 2.22. The van der Waals surface area contributed by atoms with Crippen molar-refractivity contribution in [2.75, 3.05) is 18.6 Å². The summed E-state index contributed by atoms with van der Waals surface area (Å²) in [6.45, 7) is 2.57. The molecule has 0 saturated heterocycles. The molecule has 0 aliphatic carbocycles. The molecule has 1 aromatic carbocycles. The van der Waals surface area contributed by atoms with Crippen LogP contribution in [0.15, 0.2) is 24.3 Å². The Balaban J connectivity index is 2.33. The second-order valence-corrected chi connectivity index (χ2v) is 4.88. The number of hydrogen-bond donors (Lipinski definition) is 1. The Labute approximate surface area is 102 Å². The molecule has 1 aromatic rings. The summed E-state index contributed by atoms with van der Waals surface area (Å²) in [7, 11) is 0. The summed E-state index contributed by atoms with van der Waals surface area (Å²) in [5.74, 6) is 2.05. The van der Waals surface area contributed by atoms with Crippen molar-refractivity contribution in [3.8, 4) is 5.75 Å². The van der Waals surface area contributed by atoms with Gasteiger partial charge in [0.15, 0.2) is 0 Å². The molecule has 0 radical (unpaired) electrons. The molecular formula is C13H20O2S. The highest BCUT2D eigenvalue weighted by Crippen LogP contribution is 2.13. The zero-order chi connectivity index (χ0) is 11.8. The van der Waals surface area contributed by atoms with Crippen molar-refractivity contribution >= 4 is 11.8 Å². The minimum absolute atomic E-state index is 0.284. The first-order valence-corrected chi connectivity index (χ1v) is 7.00. The minimum Gasteiger partial charge on any atom is -0.494 e. The highest BCUT2D eigenvalue weighted by atomic mass is 32.2. The Morgan fingerprint density at radius 2 is 2.00 bits per heavy atom. The van der Waals surface area contributed by atoms with Gasteiger partial charge in [0.1, 0.15) is 5.75 Å². The van der Waals surface area contributed by atoms with Crippen LogP contribution < -0.4 is 4.74 Å². The van der Waals surface area contributed by atoms with Crippen LogP contribution in [-0.2, 0) is 6.42 Å². The fourth-order valence-electron chi connectivity index (χ4n) is 1.46. The smallest absolute Gasteiger partial charge is 0.119 e. The first-order valence-electron chi connectivity index (χ1n) is 5.61. The first-order chi connectivity index (χ1) is 7.72. The molecule has 3 heteroatoms. The number of hydrogen-bond acceptors (Lipinski definition) is 3. The van der Waals surface area contributed by atoms with Gasteiger partial charge in [0.05, 0.1) is 12.7 Å². The van der Waals surface area contributed by atoms with E-state index in [-0.39, 0.29) is 6.10 Å². The van der Waals surface area contributed by atoms with Crippen LogP contribution in [0, 0.1) is 0 Å². The van der Waals surface area contributed by atoms with Crippen LogP contribution in [0.2, 0.25) is 0 Å². The van der Waals surface area contributed by atoms with Crippen LogP contribution in [0.3, 0.4) is 0 Å². The third-order valence-corrected chi connectivity index (χ3v) is 2.91. The van der Waals surface area contributed by atoms with Gasteiger partial charge < -0.3 is 9.84 Å². The molecule has 1 N–H and O–H groups in total. The van der Waals surface area contributed by atoms with Gasteiger partial charge in [-0.3, -0.25) is 0 Å². The largest absolute Gasteiger partial charge is 0.494 e. The van der Waals surface area contributed by atoms with Gasteiger partial charge in [-0.05, 0) is 49.5 Å². The predicted octanol–water partition coefficient (Wildman–Crippen LogP) is 2.74. The molecule has 0 heterocycles. The number of aliphatic hydroxyl groups excluding tert-OH is 1. The summed E-state index contributed by atoms with van der Waals surface area (Å²) in [6.07, 6.45) is 3.60. The quantitative estimate of drug-likeness (QED) is 0.743. The van der Waals surface area contributed by atoms with Crippen LogP contribution in [0.4, 0.5) is 0 Å². The van der Waals surface area contributed by atoms with Crippen LogP contribution in [0.25, 0.3) is 0 Å². The lowest BCUT2D eigenvalue weighted by atomic mass is 10.1. The monoisotopic (exact) mass is 240 g/mol. The molecule has 2 nitrogen and oxygen atoms in total. The second kappa shape index (κ2) is 7.58. The lowest BCUT2D eigenvalue weighted by molar-refractivity contribution is 0.195. The van der Waals surface area contributed by atoms with Crippen LogP contribution in [0.5, 0.6) is 5.75 Å². The number of benzene rings is 1. The van der Waals surface area contributed by atoms with E-state index in [2.05, 4.69) is 6.26 Å². The summed E-state index contributed by atoms with van der Waals surface area (Å²) in [6, 6.07) is 7.96. The molecule has 0 aromatic heterocycles. The van der Waals surface area contributed by atoms with Crippen LogP contribution in [0.1, 0.15) is 18.9 Å². The van der Waals surface area contributed by atoms with E-state index in [0.717, 1.165) is 30.1 Å². The average molecular weight is 240 g/mol. The Morgan fingerprint density at radius 3 is 2.56 bits per heavy atom. The molecule has 0 bridgehead atoms. The van der Waals surface area contributed by atoms with E-state index >= 15 is 0 Å². The van der Waals surface area contributed by atoms with E-state index in [1.807, 2.05) is 36.0 Å². The van der Waals surface area contributed by atoms with E-state index < -0.39 is 0 Å². The molecule has 0 spiro atoms. The molecule has 0 aliphatic rings. The Morgan fingerprint density at radius 1 is 1.31 bits per heavy atom. The fraction of sp³-hybridized carbons (Fsp3) is 0.538. The molecule has 1 rings (SSSR count). The summed E-state index contributed by atoms with van der Waals surface area (Å²) >= 11 is 1.84. The van der Waals surface area contributed by atoms with Gasteiger partial charge in [-0.25, -0.2) is 0 Å². The van der Waals surface area contributed by atoms with Gasteiger partial charge in [0.2, 0.25) is 0 Å². The average Bonchev–Trinajstić information content (AvgIpc) is 2.26. The standard InChI is InChI=1S/C13H20O2S/c1-11(14)10-12-4-6-13(7-5-12)15-8-3-9-16-2/h4-7,11,14H,3,8-10H2,1-2H3. The molecule has 0 aliphatic heterocycles. The summed E-state index contributed by atoms with van der Waals surface area (Å²) in [4.78, 5) is 0. The van der Waals surface area contributed by atoms with Crippen molar-refractivity contribution in [1.82, 2.24) is 0 Å². The van der Waals surface area contributed by atoms with E-state index in [1.165, 1.54) is 0 Å². The number of aliphatic hydroxyl groups is 1. The summed E-state index contributed by atoms with van der Waals surface area (Å²) in [5, 5.41) is 9.24. The van der Waals surface area contributed by atoms with E-state index in [0.29, 0.717) is 6.42 Å². The Hall–Kier alpha value is -0.670. The highest BCUT2D eigenvalue weighted by molar-refractivity contribution is 7.98. The van der Waals surface area contributed by atoms with Gasteiger partial charge in [0.25, 0.3) is 0 Å². The zero-order valence-corrected chi connectivity index (χ0v) is 10.8. The molecule has 0 fully saturated rings. The van der Waals surface area contributed by atoms with Gasteiger partial charge in [-0.15, -0.1) is 0 Å².